The van der Waals surface area contributed by atoms with Crippen LogP contribution in [0.15, 0.2) is 20.9 Å². The molecule has 1 aromatic heterocycles. The van der Waals surface area contributed by atoms with E-state index in [4.69, 9.17) is 5.73 Å². The lowest BCUT2D eigenvalue weighted by atomic mass is 10.1. The van der Waals surface area contributed by atoms with Crippen molar-refractivity contribution in [1.82, 2.24) is 4.90 Å². The van der Waals surface area contributed by atoms with Crippen LogP contribution in [-0.2, 0) is 0 Å². The lowest BCUT2D eigenvalue weighted by Gasteiger charge is -2.27. The first-order valence-corrected chi connectivity index (χ1v) is 7.06. The molecule has 1 atom stereocenters. The molecule has 3 nitrogen and oxygen atoms in total. The number of guanidine groups is 1. The summed E-state index contributed by atoms with van der Waals surface area (Å²) in [6, 6.07) is 2.40. The number of hydrogen-bond acceptors (Lipinski definition) is 4. The fourth-order valence-corrected chi connectivity index (χ4v) is 3.65. The zero-order chi connectivity index (χ0) is 11.7. The minimum atomic E-state index is 0.316. The van der Waals surface area contributed by atoms with Crippen LogP contribution in [0.5, 0.6) is 0 Å². The standard InChI is InChI=1S/C11H16BrN3S/c1-7(2)6-15-9(5-14-11(15)13)10-8(12)3-4-16-10/h3-4,7,9H,5-6H2,1-2H3,(H2,13,14). The smallest absolute Gasteiger partial charge is 0.191 e. The third kappa shape index (κ3) is 2.25. The topological polar surface area (TPSA) is 41.6 Å². The van der Waals surface area contributed by atoms with Crippen molar-refractivity contribution in [2.24, 2.45) is 16.6 Å². The highest BCUT2D eigenvalue weighted by Crippen LogP contribution is 2.35. The van der Waals surface area contributed by atoms with Crippen LogP contribution in [-0.4, -0.2) is 23.9 Å². The van der Waals surface area contributed by atoms with Gasteiger partial charge in [0.2, 0.25) is 0 Å². The molecule has 2 N–H and O–H groups in total. The predicted octanol–water partition coefficient (Wildman–Crippen LogP) is 2.84. The number of nitrogens with zero attached hydrogens (tertiary/aromatic N) is 2. The van der Waals surface area contributed by atoms with Crippen LogP contribution in [0.25, 0.3) is 0 Å². The molecular weight excluding hydrogens is 286 g/mol. The van der Waals surface area contributed by atoms with E-state index >= 15 is 0 Å². The molecule has 5 heteroatoms. The van der Waals surface area contributed by atoms with Crippen LogP contribution in [0.4, 0.5) is 0 Å². The van der Waals surface area contributed by atoms with Gasteiger partial charge in [0, 0.05) is 15.9 Å². The second kappa shape index (κ2) is 4.75. The molecule has 0 saturated heterocycles. The Hall–Kier alpha value is -0.550. The number of aliphatic imine (C=N–C) groups is 1. The Labute approximate surface area is 108 Å². The first-order valence-electron chi connectivity index (χ1n) is 5.39. The fourth-order valence-electron chi connectivity index (χ4n) is 1.91. The van der Waals surface area contributed by atoms with Gasteiger partial charge in [0.05, 0.1) is 12.6 Å². The van der Waals surface area contributed by atoms with Gasteiger partial charge in [0.1, 0.15) is 0 Å². The summed E-state index contributed by atoms with van der Waals surface area (Å²) in [5, 5.41) is 2.10. The van der Waals surface area contributed by atoms with E-state index < -0.39 is 0 Å². The van der Waals surface area contributed by atoms with Crippen LogP contribution < -0.4 is 5.73 Å². The summed E-state index contributed by atoms with van der Waals surface area (Å²) in [4.78, 5) is 7.89. The van der Waals surface area contributed by atoms with Crippen molar-refractivity contribution < 1.29 is 0 Å². The third-order valence-electron chi connectivity index (χ3n) is 2.61. The minimum absolute atomic E-state index is 0.316. The highest BCUT2D eigenvalue weighted by molar-refractivity contribution is 9.10. The van der Waals surface area contributed by atoms with Gasteiger partial charge in [-0.2, -0.15) is 0 Å². The molecule has 0 radical (unpaired) electrons. The van der Waals surface area contributed by atoms with E-state index in [-0.39, 0.29) is 0 Å². The molecule has 16 heavy (non-hydrogen) atoms. The van der Waals surface area contributed by atoms with Crippen molar-refractivity contribution in [2.45, 2.75) is 19.9 Å². The summed E-state index contributed by atoms with van der Waals surface area (Å²) >= 11 is 5.34. The van der Waals surface area contributed by atoms with Gasteiger partial charge in [-0.1, -0.05) is 13.8 Å². The number of thiophene rings is 1. The van der Waals surface area contributed by atoms with Crippen molar-refractivity contribution in [3.63, 3.8) is 0 Å². The number of halogens is 1. The van der Waals surface area contributed by atoms with Gasteiger partial charge >= 0.3 is 0 Å². The van der Waals surface area contributed by atoms with Gasteiger partial charge in [-0.25, -0.2) is 0 Å². The maximum absolute atomic E-state index is 5.94. The van der Waals surface area contributed by atoms with Gasteiger partial charge in [-0.15, -0.1) is 11.3 Å². The summed E-state index contributed by atoms with van der Waals surface area (Å²) < 4.78 is 1.17. The molecule has 2 heterocycles. The van der Waals surface area contributed by atoms with Gasteiger partial charge in [0.15, 0.2) is 5.96 Å². The SMILES string of the molecule is CC(C)CN1C(N)=NCC1c1sccc1Br. The summed E-state index contributed by atoms with van der Waals surface area (Å²) in [6.45, 7) is 6.14. The molecule has 0 bridgehead atoms. The first-order chi connectivity index (χ1) is 7.59. The summed E-state index contributed by atoms with van der Waals surface area (Å²) in [6.07, 6.45) is 0. The Balaban J connectivity index is 2.20. The van der Waals surface area contributed by atoms with Crippen LogP contribution in [0.2, 0.25) is 0 Å². The second-order valence-electron chi connectivity index (χ2n) is 4.39. The molecule has 0 fully saturated rings. The van der Waals surface area contributed by atoms with Crippen molar-refractivity contribution >= 4 is 33.2 Å². The Morgan fingerprint density at radius 1 is 1.69 bits per heavy atom. The highest BCUT2D eigenvalue weighted by Gasteiger charge is 2.29. The lowest BCUT2D eigenvalue weighted by Crippen LogP contribution is -2.38. The van der Waals surface area contributed by atoms with E-state index in [9.17, 15) is 0 Å². The maximum atomic E-state index is 5.94. The van der Waals surface area contributed by atoms with Crippen molar-refractivity contribution in [2.75, 3.05) is 13.1 Å². The van der Waals surface area contributed by atoms with E-state index in [1.807, 2.05) is 0 Å². The van der Waals surface area contributed by atoms with E-state index in [1.54, 1.807) is 11.3 Å². The molecule has 0 aliphatic carbocycles. The monoisotopic (exact) mass is 301 g/mol. The van der Waals surface area contributed by atoms with Gasteiger partial charge < -0.3 is 10.6 Å². The van der Waals surface area contributed by atoms with Gasteiger partial charge in [0.25, 0.3) is 0 Å². The third-order valence-corrected chi connectivity index (χ3v) is 4.58. The summed E-state index contributed by atoms with van der Waals surface area (Å²) in [7, 11) is 0. The quantitative estimate of drug-likeness (QED) is 0.933. The summed E-state index contributed by atoms with van der Waals surface area (Å²) in [5.41, 5.74) is 5.94. The van der Waals surface area contributed by atoms with Crippen molar-refractivity contribution in [1.29, 1.82) is 0 Å². The molecule has 1 unspecified atom stereocenters. The van der Waals surface area contributed by atoms with E-state index in [0.717, 1.165) is 13.1 Å². The maximum Gasteiger partial charge on any atom is 0.191 e. The van der Waals surface area contributed by atoms with E-state index in [2.05, 4.69) is 51.1 Å². The fraction of sp³-hybridized carbons (Fsp3) is 0.545. The molecule has 2 rings (SSSR count). The molecular formula is C11H16BrN3S. The molecule has 0 amide bonds. The largest absolute Gasteiger partial charge is 0.370 e. The van der Waals surface area contributed by atoms with E-state index in [1.165, 1.54) is 9.35 Å². The van der Waals surface area contributed by atoms with Gasteiger partial charge in [-0.3, -0.25) is 4.99 Å². The van der Waals surface area contributed by atoms with Crippen LogP contribution >= 0.6 is 27.3 Å². The second-order valence-corrected chi connectivity index (χ2v) is 6.20. The van der Waals surface area contributed by atoms with Crippen molar-refractivity contribution in [3.8, 4) is 0 Å². The molecule has 1 aromatic rings. The molecule has 0 saturated carbocycles. The predicted molar refractivity (Wildman–Crippen MR) is 72.8 cm³/mol. The Morgan fingerprint density at radius 3 is 3.00 bits per heavy atom. The number of hydrogen-bond donors (Lipinski definition) is 1. The number of nitrogens with two attached hydrogens (primary N) is 1. The summed E-state index contributed by atoms with van der Waals surface area (Å²) in [5.74, 6) is 1.27. The lowest BCUT2D eigenvalue weighted by molar-refractivity contribution is 0.312. The molecule has 0 aromatic carbocycles. The molecule has 1 aliphatic heterocycles. The van der Waals surface area contributed by atoms with Gasteiger partial charge in [-0.05, 0) is 33.3 Å². The Morgan fingerprint density at radius 2 is 2.44 bits per heavy atom. The first kappa shape index (κ1) is 11.9. The molecule has 88 valence electrons. The van der Waals surface area contributed by atoms with Crippen LogP contribution in [0, 0.1) is 5.92 Å². The number of rotatable bonds is 3. The highest BCUT2D eigenvalue weighted by atomic mass is 79.9. The molecule has 0 spiro atoms. The molecule has 1 aliphatic rings. The average Bonchev–Trinajstić information content (AvgIpc) is 2.75. The minimum Gasteiger partial charge on any atom is -0.370 e. The average molecular weight is 302 g/mol. The zero-order valence-corrected chi connectivity index (χ0v) is 11.9. The van der Waals surface area contributed by atoms with Crippen LogP contribution in [0.3, 0.4) is 0 Å². The zero-order valence-electron chi connectivity index (χ0n) is 9.48. The van der Waals surface area contributed by atoms with Crippen LogP contribution in [0.1, 0.15) is 24.8 Å². The Bertz CT molecular complexity index is 400. The van der Waals surface area contributed by atoms with Crippen molar-refractivity contribution in [3.05, 3.63) is 20.8 Å². The van der Waals surface area contributed by atoms with E-state index in [0.29, 0.717) is 17.9 Å². The normalized spacial score (nSPS) is 20.6. The Kier molecular flexibility index (Phi) is 3.54.